The molecule has 2 amide bonds. The first-order valence-corrected chi connectivity index (χ1v) is 6.26. The molecule has 2 atom stereocenters. The molecule has 0 radical (unpaired) electrons. The Morgan fingerprint density at radius 1 is 1.61 bits per heavy atom. The molecule has 0 aromatic carbocycles. The van der Waals surface area contributed by atoms with Crippen LogP contribution in [0.2, 0.25) is 0 Å². The van der Waals surface area contributed by atoms with Crippen LogP contribution in [0.15, 0.2) is 12.5 Å². The monoisotopic (exact) mass is 251 g/mol. The van der Waals surface area contributed by atoms with Gasteiger partial charge in [-0.15, -0.1) is 0 Å². The number of likely N-dealkylation sites (tertiary alicyclic amines) is 1. The lowest BCUT2D eigenvalue weighted by Gasteiger charge is -2.23. The molecule has 1 aliphatic heterocycles. The van der Waals surface area contributed by atoms with E-state index in [0.717, 1.165) is 5.69 Å². The van der Waals surface area contributed by atoms with Crippen LogP contribution in [0.1, 0.15) is 18.5 Å². The highest BCUT2D eigenvalue weighted by molar-refractivity contribution is 5.74. The largest absolute Gasteiger partial charge is 0.340 e. The van der Waals surface area contributed by atoms with Gasteiger partial charge in [-0.05, 0) is 6.92 Å². The van der Waals surface area contributed by atoms with E-state index in [-0.39, 0.29) is 18.0 Å². The van der Waals surface area contributed by atoms with E-state index in [1.807, 2.05) is 36.7 Å². The highest BCUT2D eigenvalue weighted by atomic mass is 16.2. The molecule has 0 bridgehead atoms. The first-order valence-electron chi connectivity index (χ1n) is 6.26. The number of hydrogen-bond donors (Lipinski definition) is 1. The summed E-state index contributed by atoms with van der Waals surface area (Å²) < 4.78 is 1.91. The highest BCUT2D eigenvalue weighted by Gasteiger charge is 2.35. The fourth-order valence-corrected chi connectivity index (χ4v) is 2.30. The van der Waals surface area contributed by atoms with E-state index in [9.17, 15) is 4.79 Å². The van der Waals surface area contributed by atoms with E-state index in [2.05, 4.69) is 4.98 Å². The molecule has 1 aromatic rings. The van der Waals surface area contributed by atoms with Crippen molar-refractivity contribution in [2.75, 3.05) is 26.7 Å². The molecule has 1 saturated heterocycles. The zero-order chi connectivity index (χ0) is 13.3. The minimum absolute atomic E-state index is 0.0332. The van der Waals surface area contributed by atoms with Crippen molar-refractivity contribution in [1.82, 2.24) is 19.4 Å². The summed E-state index contributed by atoms with van der Waals surface area (Å²) >= 11 is 0. The first-order chi connectivity index (χ1) is 8.52. The molecule has 2 heterocycles. The van der Waals surface area contributed by atoms with Crippen molar-refractivity contribution < 1.29 is 4.79 Å². The van der Waals surface area contributed by atoms with Crippen molar-refractivity contribution in [3.8, 4) is 0 Å². The lowest BCUT2D eigenvalue weighted by atomic mass is 10.0. The van der Waals surface area contributed by atoms with Gasteiger partial charge in [-0.3, -0.25) is 0 Å². The average molecular weight is 251 g/mol. The van der Waals surface area contributed by atoms with Crippen LogP contribution >= 0.6 is 0 Å². The van der Waals surface area contributed by atoms with Crippen LogP contribution in [0.3, 0.4) is 0 Å². The Balaban J connectivity index is 2.07. The molecule has 1 fully saturated rings. The number of imidazole rings is 1. The second kappa shape index (κ2) is 4.97. The molecule has 6 nitrogen and oxygen atoms in total. The number of nitrogens with two attached hydrogens (primary N) is 1. The average Bonchev–Trinajstić information content (AvgIpc) is 2.93. The van der Waals surface area contributed by atoms with Crippen molar-refractivity contribution in [3.05, 3.63) is 18.2 Å². The number of carbonyl (C=O) groups excluding carboxylic acids is 1. The fraction of sp³-hybridized carbons (Fsp3) is 0.667. The van der Waals surface area contributed by atoms with Gasteiger partial charge in [0, 0.05) is 51.9 Å². The number of amides is 2. The Kier molecular flexibility index (Phi) is 3.56. The van der Waals surface area contributed by atoms with Gasteiger partial charge in [0.25, 0.3) is 0 Å². The maximum absolute atomic E-state index is 12.1. The van der Waals surface area contributed by atoms with Crippen LogP contribution in [-0.2, 0) is 7.05 Å². The molecule has 100 valence electrons. The standard InChI is InChI=1S/C12H21N5O/c1-4-16(3)12(18)17-5-9(10(13)6-17)11-7-15(2)8-14-11/h7-10H,4-6,13H2,1-3H3/t9-,10-/m1/s1. The summed E-state index contributed by atoms with van der Waals surface area (Å²) in [6.07, 6.45) is 3.74. The molecule has 6 heteroatoms. The van der Waals surface area contributed by atoms with Crippen molar-refractivity contribution in [2.45, 2.75) is 18.9 Å². The topological polar surface area (TPSA) is 67.4 Å². The van der Waals surface area contributed by atoms with E-state index < -0.39 is 0 Å². The smallest absolute Gasteiger partial charge is 0.319 e. The molecule has 0 spiro atoms. The van der Waals surface area contributed by atoms with Crippen LogP contribution in [0.5, 0.6) is 0 Å². The molecule has 1 aromatic heterocycles. The number of nitrogens with zero attached hydrogens (tertiary/aromatic N) is 4. The van der Waals surface area contributed by atoms with Gasteiger partial charge in [0.2, 0.25) is 0 Å². The molecule has 18 heavy (non-hydrogen) atoms. The quantitative estimate of drug-likeness (QED) is 0.817. The summed E-state index contributed by atoms with van der Waals surface area (Å²) in [4.78, 5) is 19.9. The zero-order valence-electron chi connectivity index (χ0n) is 11.2. The summed E-state index contributed by atoms with van der Waals surface area (Å²) in [6, 6.07) is 0.0143. The summed E-state index contributed by atoms with van der Waals surface area (Å²) in [5, 5.41) is 0. The number of aromatic nitrogens is 2. The predicted octanol–water partition coefficient (Wildman–Crippen LogP) is 0.218. The molecular formula is C12H21N5O. The van der Waals surface area contributed by atoms with Crippen LogP contribution in [0.25, 0.3) is 0 Å². The van der Waals surface area contributed by atoms with Crippen molar-refractivity contribution >= 4 is 6.03 Å². The Bertz CT molecular complexity index is 430. The highest BCUT2D eigenvalue weighted by Crippen LogP contribution is 2.25. The third-order valence-electron chi connectivity index (χ3n) is 3.54. The minimum Gasteiger partial charge on any atom is -0.340 e. The van der Waals surface area contributed by atoms with Gasteiger partial charge < -0.3 is 20.1 Å². The molecule has 2 N–H and O–H groups in total. The van der Waals surface area contributed by atoms with Gasteiger partial charge in [-0.1, -0.05) is 0 Å². The van der Waals surface area contributed by atoms with E-state index in [4.69, 9.17) is 5.73 Å². The number of carbonyl (C=O) groups is 1. The molecule has 2 rings (SSSR count). The SMILES string of the molecule is CCN(C)C(=O)N1C[C@@H](N)[C@H](c2cn(C)cn2)C1. The zero-order valence-corrected chi connectivity index (χ0v) is 11.2. The summed E-state index contributed by atoms with van der Waals surface area (Å²) in [5.41, 5.74) is 7.10. The van der Waals surface area contributed by atoms with Gasteiger partial charge in [0.05, 0.1) is 12.0 Å². The van der Waals surface area contributed by atoms with E-state index >= 15 is 0 Å². The maximum atomic E-state index is 12.1. The molecule has 0 saturated carbocycles. The van der Waals surface area contributed by atoms with Crippen molar-refractivity contribution in [2.24, 2.45) is 12.8 Å². The Hall–Kier alpha value is -1.56. The van der Waals surface area contributed by atoms with Gasteiger partial charge in [-0.2, -0.15) is 0 Å². The second-order valence-electron chi connectivity index (χ2n) is 4.94. The number of aryl methyl sites for hydroxylation is 1. The van der Waals surface area contributed by atoms with Crippen LogP contribution in [0.4, 0.5) is 4.79 Å². The maximum Gasteiger partial charge on any atom is 0.319 e. The normalized spacial score (nSPS) is 23.4. The number of rotatable bonds is 2. The van der Waals surface area contributed by atoms with Crippen molar-refractivity contribution in [3.63, 3.8) is 0 Å². The molecule has 0 unspecified atom stereocenters. The molecule has 0 aliphatic carbocycles. The minimum atomic E-state index is -0.0332. The van der Waals surface area contributed by atoms with Crippen LogP contribution < -0.4 is 5.73 Å². The van der Waals surface area contributed by atoms with Crippen LogP contribution in [0, 0.1) is 0 Å². The predicted molar refractivity (Wildman–Crippen MR) is 69.2 cm³/mol. The Morgan fingerprint density at radius 3 is 2.89 bits per heavy atom. The third-order valence-corrected chi connectivity index (χ3v) is 3.54. The fourth-order valence-electron chi connectivity index (χ4n) is 2.30. The second-order valence-corrected chi connectivity index (χ2v) is 4.94. The first kappa shape index (κ1) is 12.9. The van der Waals surface area contributed by atoms with Crippen molar-refractivity contribution in [1.29, 1.82) is 0 Å². The van der Waals surface area contributed by atoms with Gasteiger partial charge >= 0.3 is 6.03 Å². The van der Waals surface area contributed by atoms with E-state index in [1.165, 1.54) is 0 Å². The summed E-state index contributed by atoms with van der Waals surface area (Å²) in [5.74, 6) is 0.139. The van der Waals surface area contributed by atoms with Gasteiger partial charge in [-0.25, -0.2) is 9.78 Å². The third kappa shape index (κ3) is 2.33. The Labute approximate surface area is 107 Å². The lowest BCUT2D eigenvalue weighted by Crippen LogP contribution is -2.40. The molecule has 1 aliphatic rings. The number of hydrogen-bond acceptors (Lipinski definition) is 3. The van der Waals surface area contributed by atoms with Gasteiger partial charge in [0.15, 0.2) is 0 Å². The lowest BCUT2D eigenvalue weighted by molar-refractivity contribution is 0.174. The Morgan fingerprint density at radius 2 is 2.33 bits per heavy atom. The van der Waals surface area contributed by atoms with Crippen LogP contribution in [-0.4, -0.2) is 58.1 Å². The summed E-state index contributed by atoms with van der Waals surface area (Å²) in [7, 11) is 3.74. The van der Waals surface area contributed by atoms with E-state index in [1.54, 1.807) is 11.2 Å². The van der Waals surface area contributed by atoms with E-state index in [0.29, 0.717) is 19.6 Å². The van der Waals surface area contributed by atoms with Gasteiger partial charge in [0.1, 0.15) is 0 Å². The molecular weight excluding hydrogens is 230 g/mol. The number of urea groups is 1. The summed E-state index contributed by atoms with van der Waals surface area (Å²) in [6.45, 7) is 3.93.